The molecule has 3 rings (SSSR count). The largest absolute Gasteiger partial charge is 0.376 e. The third-order valence-corrected chi connectivity index (χ3v) is 4.92. The average Bonchev–Trinajstić information content (AvgIpc) is 2.63. The fraction of sp³-hybridized carbons (Fsp3) is 0.526. The number of benzene rings is 1. The van der Waals surface area contributed by atoms with E-state index < -0.39 is 0 Å². The number of carbonyl (C=O) groups is 1. The molecule has 2 atom stereocenters. The predicted octanol–water partition coefficient (Wildman–Crippen LogP) is 2.26. The molecule has 1 heterocycles. The van der Waals surface area contributed by atoms with Crippen LogP contribution in [0.25, 0.3) is 10.8 Å². The maximum Gasteiger partial charge on any atom is 0.274 e. The van der Waals surface area contributed by atoms with Gasteiger partial charge in [0.25, 0.3) is 11.5 Å². The van der Waals surface area contributed by atoms with E-state index in [4.69, 9.17) is 4.74 Å². The molecule has 1 amide bonds. The van der Waals surface area contributed by atoms with Gasteiger partial charge in [0, 0.05) is 19.0 Å². The van der Waals surface area contributed by atoms with Crippen LogP contribution in [0, 0.1) is 5.92 Å². The summed E-state index contributed by atoms with van der Waals surface area (Å²) in [6.07, 6.45) is 5.10. The normalized spacial score (nSPS) is 20.6. The van der Waals surface area contributed by atoms with Gasteiger partial charge < -0.3 is 10.1 Å². The summed E-state index contributed by atoms with van der Waals surface area (Å²) in [6.45, 7) is 3.15. The van der Waals surface area contributed by atoms with Crippen molar-refractivity contribution in [3.05, 3.63) is 40.3 Å². The highest BCUT2D eigenvalue weighted by Gasteiger charge is 2.21. The van der Waals surface area contributed by atoms with Crippen LogP contribution >= 0.6 is 0 Å². The van der Waals surface area contributed by atoms with Crippen molar-refractivity contribution >= 4 is 16.7 Å². The number of nitrogens with one attached hydrogen (secondary N) is 1. The van der Waals surface area contributed by atoms with Gasteiger partial charge in [0.15, 0.2) is 5.69 Å². The highest BCUT2D eigenvalue weighted by molar-refractivity contribution is 6.04. The first-order valence-corrected chi connectivity index (χ1v) is 8.94. The van der Waals surface area contributed by atoms with Crippen LogP contribution in [0.3, 0.4) is 0 Å². The number of amides is 1. The van der Waals surface area contributed by atoms with Gasteiger partial charge in [0.2, 0.25) is 0 Å². The van der Waals surface area contributed by atoms with Gasteiger partial charge in [0.05, 0.1) is 18.1 Å². The molecule has 1 saturated carbocycles. The minimum Gasteiger partial charge on any atom is -0.376 e. The fourth-order valence-electron chi connectivity index (χ4n) is 3.46. The molecule has 0 saturated heterocycles. The highest BCUT2D eigenvalue weighted by Crippen LogP contribution is 2.26. The van der Waals surface area contributed by atoms with E-state index in [0.717, 1.165) is 6.42 Å². The Labute approximate surface area is 147 Å². The van der Waals surface area contributed by atoms with Gasteiger partial charge in [-0.3, -0.25) is 9.59 Å². The number of hydrogen-bond donors (Lipinski definition) is 1. The second-order valence-corrected chi connectivity index (χ2v) is 6.75. The highest BCUT2D eigenvalue weighted by atomic mass is 16.5. The Morgan fingerprint density at radius 2 is 2.00 bits per heavy atom. The predicted molar refractivity (Wildman–Crippen MR) is 96.7 cm³/mol. The Bertz CT molecular complexity index is 815. The van der Waals surface area contributed by atoms with Gasteiger partial charge in [0.1, 0.15) is 0 Å². The monoisotopic (exact) mass is 343 g/mol. The van der Waals surface area contributed by atoms with Crippen LogP contribution in [-0.2, 0) is 11.8 Å². The van der Waals surface area contributed by atoms with Gasteiger partial charge in [-0.25, -0.2) is 4.68 Å². The van der Waals surface area contributed by atoms with E-state index in [1.165, 1.54) is 23.9 Å². The van der Waals surface area contributed by atoms with Crippen molar-refractivity contribution in [3.63, 3.8) is 0 Å². The van der Waals surface area contributed by atoms with Crippen LogP contribution in [0.4, 0.5) is 0 Å². The summed E-state index contributed by atoms with van der Waals surface area (Å²) in [4.78, 5) is 24.6. The summed E-state index contributed by atoms with van der Waals surface area (Å²) in [5, 5.41) is 8.05. The van der Waals surface area contributed by atoms with E-state index >= 15 is 0 Å². The molecule has 0 unspecified atom stereocenters. The van der Waals surface area contributed by atoms with Crippen molar-refractivity contribution < 1.29 is 9.53 Å². The second-order valence-electron chi connectivity index (χ2n) is 6.75. The number of rotatable bonds is 5. The minimum absolute atomic E-state index is 0.207. The van der Waals surface area contributed by atoms with Gasteiger partial charge in [-0.1, -0.05) is 38.0 Å². The first kappa shape index (κ1) is 17.6. The van der Waals surface area contributed by atoms with Crippen molar-refractivity contribution in [2.24, 2.45) is 13.0 Å². The van der Waals surface area contributed by atoms with E-state index in [2.05, 4.69) is 17.3 Å². The third-order valence-electron chi connectivity index (χ3n) is 4.92. The molecule has 6 nitrogen and oxygen atoms in total. The molecular weight excluding hydrogens is 318 g/mol. The molecule has 2 aromatic rings. The molecule has 1 aliphatic rings. The number of nitrogens with zero attached hydrogens (tertiary/aromatic N) is 2. The molecule has 6 heteroatoms. The Kier molecular flexibility index (Phi) is 5.48. The topological polar surface area (TPSA) is 73.2 Å². The molecule has 134 valence electrons. The van der Waals surface area contributed by atoms with Gasteiger partial charge in [-0.2, -0.15) is 5.10 Å². The standard InChI is InChI=1S/C19H25N3O3/c1-13-7-3-6-10-16(13)25-12-11-20-18(23)17-14-8-4-5-9-15(14)19(24)22(2)21-17/h4-5,8-9,13,16H,3,6-7,10-12H2,1-2H3,(H,20,23)/t13-,16-/m0/s1. The first-order chi connectivity index (χ1) is 12.1. The van der Waals surface area contributed by atoms with Crippen LogP contribution < -0.4 is 10.9 Å². The molecule has 1 fully saturated rings. The van der Waals surface area contributed by atoms with Crippen LogP contribution in [0.15, 0.2) is 29.1 Å². The lowest BCUT2D eigenvalue weighted by molar-refractivity contribution is -0.00295. The van der Waals surface area contributed by atoms with Crippen molar-refractivity contribution in [1.29, 1.82) is 0 Å². The number of ether oxygens (including phenoxy) is 1. The summed E-state index contributed by atoms with van der Waals surface area (Å²) in [6, 6.07) is 7.04. The SMILES string of the molecule is C[C@H]1CCCC[C@@H]1OCCNC(=O)c1nn(C)c(=O)c2ccccc12. The van der Waals surface area contributed by atoms with Crippen molar-refractivity contribution in [3.8, 4) is 0 Å². The Morgan fingerprint density at radius 1 is 1.28 bits per heavy atom. The van der Waals surface area contributed by atoms with Gasteiger partial charge in [-0.15, -0.1) is 0 Å². The van der Waals surface area contributed by atoms with E-state index in [1.807, 2.05) is 0 Å². The second kappa shape index (κ2) is 7.78. The Morgan fingerprint density at radius 3 is 2.76 bits per heavy atom. The minimum atomic E-state index is -0.285. The molecule has 1 aliphatic carbocycles. The molecule has 0 bridgehead atoms. The third kappa shape index (κ3) is 3.90. The van der Waals surface area contributed by atoms with E-state index in [1.54, 1.807) is 31.3 Å². The number of carbonyl (C=O) groups excluding carboxylic acids is 1. The zero-order chi connectivity index (χ0) is 17.8. The number of hydrogen-bond acceptors (Lipinski definition) is 4. The summed E-state index contributed by atoms with van der Waals surface area (Å²) in [7, 11) is 1.55. The molecule has 0 aliphatic heterocycles. The summed E-state index contributed by atoms with van der Waals surface area (Å²) in [5.74, 6) is 0.297. The number of fused-ring (bicyclic) bond motifs is 1. The summed E-state index contributed by atoms with van der Waals surface area (Å²) >= 11 is 0. The Balaban J connectivity index is 1.63. The van der Waals surface area contributed by atoms with Crippen molar-refractivity contribution in [2.45, 2.75) is 38.7 Å². The summed E-state index contributed by atoms with van der Waals surface area (Å²) < 4.78 is 7.13. The molecule has 25 heavy (non-hydrogen) atoms. The average molecular weight is 343 g/mol. The molecule has 0 radical (unpaired) electrons. The first-order valence-electron chi connectivity index (χ1n) is 8.94. The quantitative estimate of drug-likeness (QED) is 0.845. The lowest BCUT2D eigenvalue weighted by Gasteiger charge is -2.28. The zero-order valence-corrected chi connectivity index (χ0v) is 14.8. The van der Waals surface area contributed by atoms with Crippen LogP contribution in [0.2, 0.25) is 0 Å². The van der Waals surface area contributed by atoms with Crippen LogP contribution in [0.5, 0.6) is 0 Å². The van der Waals surface area contributed by atoms with Crippen molar-refractivity contribution in [2.75, 3.05) is 13.2 Å². The lowest BCUT2D eigenvalue weighted by Crippen LogP contribution is -2.33. The molecule has 1 N–H and O–H groups in total. The van der Waals surface area contributed by atoms with Crippen LogP contribution in [-0.4, -0.2) is 34.9 Å². The molecule has 0 spiro atoms. The number of aryl methyl sites for hydroxylation is 1. The van der Waals surface area contributed by atoms with E-state index in [0.29, 0.717) is 35.9 Å². The molecule has 1 aromatic carbocycles. The molecular formula is C19H25N3O3. The van der Waals surface area contributed by atoms with E-state index in [-0.39, 0.29) is 17.2 Å². The fourth-order valence-corrected chi connectivity index (χ4v) is 3.46. The lowest BCUT2D eigenvalue weighted by atomic mass is 9.88. The summed E-state index contributed by atoms with van der Waals surface area (Å²) in [5.41, 5.74) is 0.0607. The van der Waals surface area contributed by atoms with Crippen molar-refractivity contribution in [1.82, 2.24) is 15.1 Å². The smallest absolute Gasteiger partial charge is 0.274 e. The maximum absolute atomic E-state index is 12.5. The van der Waals surface area contributed by atoms with E-state index in [9.17, 15) is 9.59 Å². The Hall–Kier alpha value is -2.21. The maximum atomic E-state index is 12.5. The zero-order valence-electron chi connectivity index (χ0n) is 14.8. The van der Waals surface area contributed by atoms with Gasteiger partial charge in [-0.05, 0) is 24.8 Å². The van der Waals surface area contributed by atoms with Gasteiger partial charge >= 0.3 is 0 Å². The number of aromatic nitrogens is 2. The molecule has 1 aromatic heterocycles. The van der Waals surface area contributed by atoms with Crippen LogP contribution in [0.1, 0.15) is 43.1 Å².